The van der Waals surface area contributed by atoms with Gasteiger partial charge in [0.15, 0.2) is 6.61 Å². The fourth-order valence-corrected chi connectivity index (χ4v) is 1.51. The van der Waals surface area contributed by atoms with E-state index in [4.69, 9.17) is 0 Å². The van der Waals surface area contributed by atoms with Crippen molar-refractivity contribution < 1.29 is 17.9 Å². The molecule has 0 aromatic carbocycles. The van der Waals surface area contributed by atoms with E-state index in [2.05, 4.69) is 14.7 Å². The van der Waals surface area contributed by atoms with Gasteiger partial charge in [0.2, 0.25) is 0 Å². The Morgan fingerprint density at radius 2 is 2.19 bits per heavy atom. The molecular weight excluding hydrogens is 223 g/mol. The lowest BCUT2D eigenvalue weighted by Gasteiger charge is -2.07. The van der Waals surface area contributed by atoms with Gasteiger partial charge in [-0.05, 0) is 7.05 Å². The van der Waals surface area contributed by atoms with Crippen LogP contribution in [0.2, 0.25) is 0 Å². The monoisotopic (exact) mass is 233 g/mol. The Hall–Kier alpha value is -1.37. The van der Waals surface area contributed by atoms with E-state index >= 15 is 0 Å². The molecule has 1 aliphatic heterocycles. The molecule has 0 aliphatic carbocycles. The normalized spacial score (nSPS) is 16.2. The second-order valence-corrected chi connectivity index (χ2v) is 3.70. The quantitative estimate of drug-likeness (QED) is 0.773. The van der Waals surface area contributed by atoms with Gasteiger partial charge in [-0.15, -0.1) is 0 Å². The lowest BCUT2D eigenvalue weighted by Crippen LogP contribution is -2.20. The number of hydrogen-bond donors (Lipinski definition) is 0. The Morgan fingerprint density at radius 3 is 2.88 bits per heavy atom. The van der Waals surface area contributed by atoms with Gasteiger partial charge in [0.25, 0.3) is 0 Å². The molecular formula is C9H10F3N3O. The van der Waals surface area contributed by atoms with Crippen molar-refractivity contribution >= 4 is 0 Å². The number of halogens is 3. The maximum absolute atomic E-state index is 11.9. The molecule has 4 nitrogen and oxygen atoms in total. The number of hydrogen-bond acceptors (Lipinski definition) is 4. The van der Waals surface area contributed by atoms with E-state index in [9.17, 15) is 13.2 Å². The van der Waals surface area contributed by atoms with Crippen molar-refractivity contribution in [2.45, 2.75) is 19.3 Å². The molecule has 1 aromatic heterocycles. The third kappa shape index (κ3) is 2.60. The molecule has 0 unspecified atom stereocenters. The number of fused-ring (bicyclic) bond motifs is 1. The van der Waals surface area contributed by atoms with E-state index in [0.29, 0.717) is 6.54 Å². The zero-order valence-electron chi connectivity index (χ0n) is 8.58. The Balaban J connectivity index is 2.05. The van der Waals surface area contributed by atoms with E-state index < -0.39 is 12.8 Å². The molecule has 1 aromatic rings. The maximum Gasteiger partial charge on any atom is 0.422 e. The molecule has 0 fully saturated rings. The number of alkyl halides is 3. The summed E-state index contributed by atoms with van der Waals surface area (Å²) in [6.45, 7) is -0.0310. The van der Waals surface area contributed by atoms with Gasteiger partial charge in [-0.25, -0.2) is 4.98 Å². The molecule has 0 radical (unpaired) electrons. The number of nitrogens with zero attached hydrogens (tertiary/aromatic N) is 3. The van der Waals surface area contributed by atoms with Crippen molar-refractivity contribution in [1.82, 2.24) is 14.9 Å². The van der Waals surface area contributed by atoms with Crippen molar-refractivity contribution in [2.75, 3.05) is 13.7 Å². The summed E-state index contributed by atoms with van der Waals surface area (Å²) >= 11 is 0. The molecule has 16 heavy (non-hydrogen) atoms. The summed E-state index contributed by atoms with van der Waals surface area (Å²) < 4.78 is 40.1. The van der Waals surface area contributed by atoms with Gasteiger partial charge in [-0.1, -0.05) is 0 Å². The largest absolute Gasteiger partial charge is 0.454 e. The lowest BCUT2D eigenvalue weighted by atomic mass is 10.3. The zero-order chi connectivity index (χ0) is 11.8. The molecule has 2 heterocycles. The molecule has 2 rings (SSSR count). The maximum atomic E-state index is 11.9. The Morgan fingerprint density at radius 1 is 1.44 bits per heavy atom. The first kappa shape index (κ1) is 11.1. The second-order valence-electron chi connectivity index (χ2n) is 3.70. The molecule has 0 saturated carbocycles. The topological polar surface area (TPSA) is 38.2 Å². The summed E-state index contributed by atoms with van der Waals surface area (Å²) in [7, 11) is 1.90. The summed E-state index contributed by atoms with van der Waals surface area (Å²) in [6, 6.07) is -0.216. The molecule has 7 heteroatoms. The second kappa shape index (κ2) is 3.89. The number of rotatable bonds is 2. The highest BCUT2D eigenvalue weighted by Crippen LogP contribution is 2.21. The summed E-state index contributed by atoms with van der Waals surface area (Å²) in [4.78, 5) is 9.65. The molecule has 0 bridgehead atoms. The van der Waals surface area contributed by atoms with Crippen LogP contribution in [0.5, 0.6) is 6.01 Å². The minimum atomic E-state index is -4.36. The minimum absolute atomic E-state index is 0.216. The van der Waals surface area contributed by atoms with E-state index in [1.165, 1.54) is 6.20 Å². The lowest BCUT2D eigenvalue weighted by molar-refractivity contribution is -0.154. The van der Waals surface area contributed by atoms with Crippen LogP contribution in [0.3, 0.4) is 0 Å². The average Bonchev–Trinajstić information content (AvgIpc) is 2.52. The standard InChI is InChI=1S/C9H10F3N3O/c1-15-3-6-2-13-8(14-7(6)4-15)16-5-9(10,11)12/h2H,3-5H2,1H3. The predicted molar refractivity (Wildman–Crippen MR) is 48.8 cm³/mol. The van der Waals surface area contributed by atoms with Crippen LogP contribution in [0.4, 0.5) is 13.2 Å². The highest BCUT2D eigenvalue weighted by Gasteiger charge is 2.29. The Bertz CT molecular complexity index is 394. The summed E-state index contributed by atoms with van der Waals surface area (Å²) in [5.41, 5.74) is 1.66. The van der Waals surface area contributed by atoms with Crippen LogP contribution >= 0.6 is 0 Å². The Labute approximate surface area is 90.1 Å². The van der Waals surface area contributed by atoms with Crippen molar-refractivity contribution in [2.24, 2.45) is 0 Å². The van der Waals surface area contributed by atoms with Crippen LogP contribution in [-0.2, 0) is 13.1 Å². The minimum Gasteiger partial charge on any atom is -0.454 e. The van der Waals surface area contributed by atoms with Gasteiger partial charge < -0.3 is 4.74 Å². The van der Waals surface area contributed by atoms with Crippen molar-refractivity contribution in [1.29, 1.82) is 0 Å². The third-order valence-electron chi connectivity index (χ3n) is 2.16. The van der Waals surface area contributed by atoms with Crippen LogP contribution < -0.4 is 4.74 Å². The summed E-state index contributed by atoms with van der Waals surface area (Å²) in [5, 5.41) is 0. The van der Waals surface area contributed by atoms with Gasteiger partial charge in [0.1, 0.15) is 0 Å². The van der Waals surface area contributed by atoms with E-state index in [1.54, 1.807) is 0 Å². The van der Waals surface area contributed by atoms with Gasteiger partial charge in [-0.3, -0.25) is 4.90 Å². The van der Waals surface area contributed by atoms with Gasteiger partial charge in [0, 0.05) is 24.8 Å². The molecule has 0 spiro atoms. The van der Waals surface area contributed by atoms with Crippen LogP contribution in [0.1, 0.15) is 11.3 Å². The smallest absolute Gasteiger partial charge is 0.422 e. The molecule has 0 saturated heterocycles. The average molecular weight is 233 g/mol. The summed E-state index contributed by atoms with van der Waals surface area (Å²) in [5.74, 6) is 0. The third-order valence-corrected chi connectivity index (χ3v) is 2.16. The van der Waals surface area contributed by atoms with Crippen LogP contribution in [0.15, 0.2) is 6.20 Å². The van der Waals surface area contributed by atoms with Gasteiger partial charge in [0.05, 0.1) is 5.69 Å². The number of aromatic nitrogens is 2. The van der Waals surface area contributed by atoms with Crippen molar-refractivity contribution in [3.63, 3.8) is 0 Å². The van der Waals surface area contributed by atoms with Crippen LogP contribution in [0, 0.1) is 0 Å². The molecule has 0 amide bonds. The van der Waals surface area contributed by atoms with Crippen molar-refractivity contribution in [3.8, 4) is 6.01 Å². The fraction of sp³-hybridized carbons (Fsp3) is 0.556. The number of ether oxygens (including phenoxy) is 1. The highest BCUT2D eigenvalue weighted by molar-refractivity contribution is 5.22. The van der Waals surface area contributed by atoms with Crippen LogP contribution in [-0.4, -0.2) is 34.7 Å². The fourth-order valence-electron chi connectivity index (χ4n) is 1.51. The van der Waals surface area contributed by atoms with Gasteiger partial charge in [-0.2, -0.15) is 18.2 Å². The predicted octanol–water partition coefficient (Wildman–Crippen LogP) is 1.36. The summed E-state index contributed by atoms with van der Waals surface area (Å²) in [6.07, 6.45) is -2.85. The zero-order valence-corrected chi connectivity index (χ0v) is 8.58. The van der Waals surface area contributed by atoms with E-state index in [1.807, 2.05) is 11.9 Å². The molecule has 88 valence electrons. The first-order valence-electron chi connectivity index (χ1n) is 4.67. The SMILES string of the molecule is CN1Cc2cnc(OCC(F)(F)F)nc2C1. The first-order valence-corrected chi connectivity index (χ1v) is 4.67. The Kier molecular flexibility index (Phi) is 2.71. The highest BCUT2D eigenvalue weighted by atomic mass is 19.4. The molecule has 1 aliphatic rings. The molecule has 0 atom stereocenters. The van der Waals surface area contributed by atoms with E-state index in [0.717, 1.165) is 17.8 Å². The van der Waals surface area contributed by atoms with Gasteiger partial charge >= 0.3 is 12.2 Å². The van der Waals surface area contributed by atoms with Crippen LogP contribution in [0.25, 0.3) is 0 Å². The molecule has 0 N–H and O–H groups in total. The van der Waals surface area contributed by atoms with E-state index in [-0.39, 0.29) is 6.01 Å². The van der Waals surface area contributed by atoms with Crippen molar-refractivity contribution in [3.05, 3.63) is 17.5 Å². The first-order chi connectivity index (χ1) is 7.44.